The molecule has 0 spiro atoms. The number of hydrogen-bond donors (Lipinski definition) is 2. The second-order valence-corrected chi connectivity index (χ2v) is 6.46. The van der Waals surface area contributed by atoms with Crippen LogP contribution in [0.1, 0.15) is 39.4 Å². The van der Waals surface area contributed by atoms with Crippen LogP contribution in [-0.4, -0.2) is 37.3 Å². The quantitative estimate of drug-likeness (QED) is 0.646. The van der Waals surface area contributed by atoms with Gasteiger partial charge in [-0.3, -0.25) is 4.99 Å². The lowest BCUT2D eigenvalue weighted by Gasteiger charge is -2.24. The first-order valence-corrected chi connectivity index (χ1v) is 7.73. The summed E-state index contributed by atoms with van der Waals surface area (Å²) in [5.74, 6) is 1.82. The van der Waals surface area contributed by atoms with Gasteiger partial charge in [0.05, 0.1) is 18.9 Å². The lowest BCUT2D eigenvalue weighted by Crippen LogP contribution is -2.48. The summed E-state index contributed by atoms with van der Waals surface area (Å²) < 4.78 is 11.0. The Hall–Kier alpha value is -1.49. The number of aliphatic imine (C=N–C) groups is 1. The third-order valence-corrected chi connectivity index (χ3v) is 3.21. The summed E-state index contributed by atoms with van der Waals surface area (Å²) >= 11 is 0. The minimum Gasteiger partial charge on any atom is -0.469 e. The van der Waals surface area contributed by atoms with Gasteiger partial charge < -0.3 is 19.8 Å². The van der Waals surface area contributed by atoms with E-state index < -0.39 is 0 Å². The minimum absolute atomic E-state index is 0.0208. The first-order valence-electron chi connectivity index (χ1n) is 7.73. The molecule has 118 valence electrons. The predicted molar refractivity (Wildman–Crippen MR) is 84.6 cm³/mol. The van der Waals surface area contributed by atoms with E-state index in [1.165, 1.54) is 0 Å². The molecule has 0 radical (unpaired) electrons. The van der Waals surface area contributed by atoms with Crippen molar-refractivity contribution in [1.29, 1.82) is 0 Å². The van der Waals surface area contributed by atoms with E-state index in [0.717, 1.165) is 44.1 Å². The summed E-state index contributed by atoms with van der Waals surface area (Å²) in [6.07, 6.45) is 5.08. The number of nitrogens with one attached hydrogen (secondary N) is 2. The van der Waals surface area contributed by atoms with Crippen molar-refractivity contribution in [2.45, 2.75) is 51.7 Å². The normalized spacial score (nSPS) is 19.8. The third-order valence-electron chi connectivity index (χ3n) is 3.21. The van der Waals surface area contributed by atoms with Crippen molar-refractivity contribution in [3.63, 3.8) is 0 Å². The van der Waals surface area contributed by atoms with Crippen molar-refractivity contribution in [2.24, 2.45) is 4.99 Å². The molecule has 1 unspecified atom stereocenters. The van der Waals surface area contributed by atoms with Crippen LogP contribution in [0.4, 0.5) is 0 Å². The number of furan rings is 1. The summed E-state index contributed by atoms with van der Waals surface area (Å²) in [5, 5.41) is 6.77. The summed E-state index contributed by atoms with van der Waals surface area (Å²) in [5.41, 5.74) is -0.0208. The van der Waals surface area contributed by atoms with Crippen LogP contribution in [0.25, 0.3) is 0 Å². The van der Waals surface area contributed by atoms with Crippen molar-refractivity contribution >= 4 is 5.96 Å². The molecule has 5 nitrogen and oxygen atoms in total. The monoisotopic (exact) mass is 293 g/mol. The minimum atomic E-state index is -0.0208. The Morgan fingerprint density at radius 1 is 1.43 bits per heavy atom. The second kappa shape index (κ2) is 7.50. The maximum atomic E-state index is 5.62. The van der Waals surface area contributed by atoms with E-state index in [9.17, 15) is 0 Å². The molecule has 0 aliphatic carbocycles. The molecule has 2 heterocycles. The number of hydrogen-bond acceptors (Lipinski definition) is 3. The van der Waals surface area contributed by atoms with Crippen LogP contribution in [0.3, 0.4) is 0 Å². The van der Waals surface area contributed by atoms with Gasteiger partial charge in [-0.15, -0.1) is 0 Å². The molecule has 1 aliphatic rings. The van der Waals surface area contributed by atoms with E-state index in [4.69, 9.17) is 9.15 Å². The summed E-state index contributed by atoms with van der Waals surface area (Å²) in [4.78, 5) is 4.65. The van der Waals surface area contributed by atoms with Gasteiger partial charge in [-0.1, -0.05) is 0 Å². The molecule has 0 amide bonds. The highest BCUT2D eigenvalue weighted by atomic mass is 16.5. The fraction of sp³-hybridized carbons (Fsp3) is 0.688. The summed E-state index contributed by atoms with van der Waals surface area (Å²) in [6.45, 7) is 8.76. The Morgan fingerprint density at radius 2 is 2.29 bits per heavy atom. The van der Waals surface area contributed by atoms with E-state index in [1.54, 1.807) is 6.26 Å². The Labute approximate surface area is 127 Å². The van der Waals surface area contributed by atoms with Gasteiger partial charge in [0, 0.05) is 25.1 Å². The van der Waals surface area contributed by atoms with E-state index in [-0.39, 0.29) is 11.6 Å². The van der Waals surface area contributed by atoms with Gasteiger partial charge in [0.2, 0.25) is 0 Å². The molecule has 1 atom stereocenters. The van der Waals surface area contributed by atoms with E-state index >= 15 is 0 Å². The first kappa shape index (κ1) is 15.9. The highest BCUT2D eigenvalue weighted by Gasteiger charge is 2.16. The highest BCUT2D eigenvalue weighted by molar-refractivity contribution is 5.80. The molecule has 2 rings (SSSR count). The van der Waals surface area contributed by atoms with Crippen LogP contribution in [0, 0.1) is 0 Å². The van der Waals surface area contributed by atoms with Gasteiger partial charge in [-0.2, -0.15) is 0 Å². The van der Waals surface area contributed by atoms with E-state index in [2.05, 4.69) is 36.4 Å². The molecule has 2 N–H and O–H groups in total. The molecule has 1 fully saturated rings. The average molecular weight is 293 g/mol. The van der Waals surface area contributed by atoms with E-state index in [0.29, 0.717) is 6.54 Å². The van der Waals surface area contributed by atoms with Gasteiger partial charge in [-0.25, -0.2) is 0 Å². The van der Waals surface area contributed by atoms with Crippen LogP contribution in [-0.2, 0) is 11.2 Å². The van der Waals surface area contributed by atoms with Crippen molar-refractivity contribution in [1.82, 2.24) is 10.6 Å². The summed E-state index contributed by atoms with van der Waals surface area (Å²) in [6, 6.07) is 3.90. The van der Waals surface area contributed by atoms with Gasteiger partial charge >= 0.3 is 0 Å². The fourth-order valence-electron chi connectivity index (χ4n) is 2.24. The molecule has 21 heavy (non-hydrogen) atoms. The number of rotatable bonds is 5. The van der Waals surface area contributed by atoms with Crippen molar-refractivity contribution in [2.75, 3.05) is 19.7 Å². The Kier molecular flexibility index (Phi) is 5.67. The third kappa shape index (κ3) is 6.21. The fourth-order valence-corrected chi connectivity index (χ4v) is 2.24. The van der Waals surface area contributed by atoms with Crippen molar-refractivity contribution < 1.29 is 9.15 Å². The predicted octanol–water partition coefficient (Wildman–Crippen LogP) is 2.33. The molecule has 0 saturated carbocycles. The Bertz CT molecular complexity index is 429. The molecule has 0 bridgehead atoms. The zero-order valence-corrected chi connectivity index (χ0v) is 13.3. The maximum Gasteiger partial charge on any atom is 0.191 e. The SMILES string of the molecule is CC(C)(C)NC(=NCC1CCCO1)NCCc1ccco1. The zero-order chi connectivity index (χ0) is 15.1. The van der Waals surface area contributed by atoms with Crippen LogP contribution in [0.15, 0.2) is 27.8 Å². The lowest BCUT2D eigenvalue weighted by molar-refractivity contribution is 0.117. The van der Waals surface area contributed by atoms with Crippen LogP contribution >= 0.6 is 0 Å². The van der Waals surface area contributed by atoms with Crippen molar-refractivity contribution in [3.8, 4) is 0 Å². The number of ether oxygens (including phenoxy) is 1. The molecule has 1 aliphatic heterocycles. The lowest BCUT2D eigenvalue weighted by atomic mass is 10.1. The van der Waals surface area contributed by atoms with Crippen LogP contribution < -0.4 is 10.6 Å². The second-order valence-electron chi connectivity index (χ2n) is 6.46. The molecule has 1 aromatic rings. The smallest absolute Gasteiger partial charge is 0.191 e. The topological polar surface area (TPSA) is 58.8 Å². The van der Waals surface area contributed by atoms with E-state index in [1.807, 2.05) is 12.1 Å². The van der Waals surface area contributed by atoms with Crippen LogP contribution in [0.5, 0.6) is 0 Å². The van der Waals surface area contributed by atoms with Gasteiger partial charge in [-0.05, 0) is 45.7 Å². The Balaban J connectivity index is 1.83. The van der Waals surface area contributed by atoms with Gasteiger partial charge in [0.1, 0.15) is 5.76 Å². The van der Waals surface area contributed by atoms with Gasteiger partial charge in [0.15, 0.2) is 5.96 Å². The largest absolute Gasteiger partial charge is 0.469 e. The zero-order valence-electron chi connectivity index (χ0n) is 13.3. The van der Waals surface area contributed by atoms with Gasteiger partial charge in [0.25, 0.3) is 0 Å². The first-order chi connectivity index (χ1) is 10.0. The number of guanidine groups is 1. The molecule has 1 saturated heterocycles. The van der Waals surface area contributed by atoms with Crippen molar-refractivity contribution in [3.05, 3.63) is 24.2 Å². The highest BCUT2D eigenvalue weighted by Crippen LogP contribution is 2.12. The maximum absolute atomic E-state index is 5.62. The molecule has 1 aromatic heterocycles. The average Bonchev–Trinajstić information content (AvgIpc) is 3.07. The number of nitrogens with zero attached hydrogens (tertiary/aromatic N) is 1. The Morgan fingerprint density at radius 3 is 2.90 bits per heavy atom. The molecular formula is C16H27N3O2. The molecule has 0 aromatic carbocycles. The van der Waals surface area contributed by atoms with Crippen LogP contribution in [0.2, 0.25) is 0 Å². The standard InChI is InChI=1S/C16H27N3O2/c1-16(2,3)19-15(18-12-14-7-5-11-21-14)17-9-8-13-6-4-10-20-13/h4,6,10,14H,5,7-9,11-12H2,1-3H3,(H2,17,18,19). The molecular weight excluding hydrogens is 266 g/mol. The summed E-state index contributed by atoms with van der Waals surface area (Å²) in [7, 11) is 0. The molecule has 5 heteroatoms.